The number of hydrogen-bond donors (Lipinski definition) is 1. The zero-order valence-electron chi connectivity index (χ0n) is 4.07. The lowest BCUT2D eigenvalue weighted by molar-refractivity contribution is -0.134. The van der Waals surface area contributed by atoms with Crippen LogP contribution in [-0.4, -0.2) is 22.5 Å². The van der Waals surface area contributed by atoms with Crippen molar-refractivity contribution in [1.29, 1.82) is 0 Å². The molecule has 6 heteroatoms. The summed E-state index contributed by atoms with van der Waals surface area (Å²) >= 11 is -1.72. The number of rotatable bonds is 0. The van der Waals surface area contributed by atoms with E-state index in [9.17, 15) is 0 Å². The van der Waals surface area contributed by atoms with Gasteiger partial charge in [0, 0.05) is 6.92 Å². The van der Waals surface area contributed by atoms with Crippen molar-refractivity contribution >= 4 is 47.5 Å². The smallest absolute Gasteiger partial charge is 0.481 e. The van der Waals surface area contributed by atoms with Gasteiger partial charge in [0.05, 0.1) is 0 Å². The Morgan fingerprint density at radius 3 is 1.50 bits per heavy atom. The summed E-state index contributed by atoms with van der Waals surface area (Å²) in [6.07, 6.45) is 0. The number of aliphatic carboxylic acids is 1. The number of carbonyl (C=O) groups is 1. The highest BCUT2D eigenvalue weighted by atomic mass is 35.8. The van der Waals surface area contributed by atoms with Gasteiger partial charge in [0.2, 0.25) is 0 Å². The molecule has 0 aromatic rings. The van der Waals surface area contributed by atoms with Crippen LogP contribution in [0, 0.1) is 0 Å². The Bertz CT molecular complexity index is 59.5. The van der Waals surface area contributed by atoms with E-state index in [2.05, 4.69) is 0 Å². The predicted molar refractivity (Wildman–Crippen MR) is 36.6 cm³/mol. The minimum Gasteiger partial charge on any atom is -0.481 e. The van der Waals surface area contributed by atoms with Crippen molar-refractivity contribution in [3.8, 4) is 0 Å². The highest BCUT2D eigenvalue weighted by molar-refractivity contribution is 7.54. The van der Waals surface area contributed by atoms with E-state index in [-0.39, 0.29) is 0 Å². The fourth-order valence-electron chi connectivity index (χ4n) is 0. The summed E-state index contributed by atoms with van der Waals surface area (Å²) in [5, 5.41) is 7.42. The molecule has 0 rings (SSSR count). The molecule has 0 aliphatic carbocycles. The molecule has 0 aliphatic heterocycles. The summed E-state index contributed by atoms with van der Waals surface area (Å²) in [4.78, 5) is 9.00. The van der Waals surface area contributed by atoms with Crippen LogP contribution in [0.1, 0.15) is 6.92 Å². The van der Waals surface area contributed by atoms with Crippen LogP contribution in [0.5, 0.6) is 0 Å². The molecule has 0 amide bonds. The molecule has 0 aliphatic rings. The van der Waals surface area contributed by atoms with E-state index < -0.39 is 17.4 Å². The number of hydrogen-bond acceptors (Lipinski definition) is 1. The molecule has 0 aromatic carbocycles. The molecular weight excluding hydrogens is 189 g/mol. The van der Waals surface area contributed by atoms with Gasteiger partial charge in [-0.3, -0.25) is 4.79 Å². The Kier molecular flexibility index (Phi) is 11.5. The largest absolute Gasteiger partial charge is 0.643 e. The van der Waals surface area contributed by atoms with Crippen molar-refractivity contribution in [3.63, 3.8) is 0 Å². The summed E-state index contributed by atoms with van der Waals surface area (Å²) in [7, 11) is 14.8. The van der Waals surface area contributed by atoms with Gasteiger partial charge < -0.3 is 5.11 Å². The first kappa shape index (κ1) is 11.6. The highest BCUT2D eigenvalue weighted by Crippen LogP contribution is 1.97. The van der Waals surface area contributed by atoms with Crippen LogP contribution in [0.25, 0.3) is 0 Å². The van der Waals surface area contributed by atoms with Gasteiger partial charge in [-0.05, 0) is 0 Å². The Balaban J connectivity index is 0. The third-order valence-corrected chi connectivity index (χ3v) is 0. The zero-order valence-corrected chi connectivity index (χ0v) is 7.49. The SMILES string of the molecule is CC(=O)O.[Cl][Al]([Cl])[Cl]. The summed E-state index contributed by atoms with van der Waals surface area (Å²) in [6.45, 7) is 1.08. The molecule has 0 saturated heterocycles. The van der Waals surface area contributed by atoms with E-state index in [4.69, 9.17) is 40.0 Å². The van der Waals surface area contributed by atoms with Crippen molar-refractivity contribution < 1.29 is 9.90 Å². The monoisotopic (exact) mass is 192 g/mol. The first-order valence-electron chi connectivity index (χ1n) is 1.58. The van der Waals surface area contributed by atoms with Crippen LogP contribution in [0.4, 0.5) is 0 Å². The van der Waals surface area contributed by atoms with Crippen molar-refractivity contribution in [2.75, 3.05) is 0 Å². The number of halogens is 3. The molecular formula is C2H4AlCl3O2. The van der Waals surface area contributed by atoms with E-state index in [0.717, 1.165) is 6.92 Å². The van der Waals surface area contributed by atoms with Gasteiger partial charge in [-0.15, -0.1) is 0 Å². The Morgan fingerprint density at radius 2 is 1.50 bits per heavy atom. The average Bonchev–Trinajstić information content (AvgIpc) is 1.25. The van der Waals surface area contributed by atoms with Crippen LogP contribution in [-0.2, 0) is 4.79 Å². The minimum absolute atomic E-state index is 0.833. The molecule has 0 aromatic heterocycles. The third-order valence-electron chi connectivity index (χ3n) is 0. The lowest BCUT2D eigenvalue weighted by atomic mass is 10.9. The Labute approximate surface area is 64.3 Å². The van der Waals surface area contributed by atoms with Crippen molar-refractivity contribution in [1.82, 2.24) is 0 Å². The maximum atomic E-state index is 9.00. The van der Waals surface area contributed by atoms with Gasteiger partial charge in [0.15, 0.2) is 0 Å². The molecule has 0 spiro atoms. The Hall–Kier alpha value is 0.872. The fourth-order valence-corrected chi connectivity index (χ4v) is 0. The van der Waals surface area contributed by atoms with Crippen LogP contribution in [0.2, 0.25) is 0 Å². The second-order valence-electron chi connectivity index (χ2n) is 0.766. The molecule has 0 fully saturated rings. The third kappa shape index (κ3) is 311. The van der Waals surface area contributed by atoms with Crippen LogP contribution in [0.3, 0.4) is 0 Å². The first-order valence-corrected chi connectivity index (χ1v) is 6.82. The molecule has 0 heterocycles. The normalized spacial score (nSPS) is 6.50. The average molecular weight is 193 g/mol. The second kappa shape index (κ2) is 7.87. The molecule has 2 nitrogen and oxygen atoms in total. The molecule has 48 valence electrons. The number of carboxylic acid groups (broad SMARTS) is 1. The summed E-state index contributed by atoms with van der Waals surface area (Å²) < 4.78 is 0. The quantitative estimate of drug-likeness (QED) is 0.596. The van der Waals surface area contributed by atoms with Crippen molar-refractivity contribution in [2.24, 2.45) is 0 Å². The van der Waals surface area contributed by atoms with E-state index in [0.29, 0.717) is 0 Å². The van der Waals surface area contributed by atoms with Crippen LogP contribution < -0.4 is 0 Å². The molecule has 1 N–H and O–H groups in total. The number of carboxylic acids is 1. The van der Waals surface area contributed by atoms with E-state index in [1.54, 1.807) is 0 Å². The topological polar surface area (TPSA) is 37.3 Å². The van der Waals surface area contributed by atoms with Crippen LogP contribution >= 0.6 is 30.1 Å². The minimum atomic E-state index is -1.72. The summed E-state index contributed by atoms with van der Waals surface area (Å²) in [5.74, 6) is -0.833. The predicted octanol–water partition coefficient (Wildman–Crippen LogP) is 1.78. The van der Waals surface area contributed by atoms with Gasteiger partial charge in [0.25, 0.3) is 5.97 Å². The Morgan fingerprint density at radius 1 is 1.50 bits per heavy atom. The van der Waals surface area contributed by atoms with E-state index in [1.807, 2.05) is 0 Å². The molecule has 0 bridgehead atoms. The van der Waals surface area contributed by atoms with Crippen molar-refractivity contribution in [2.45, 2.75) is 6.92 Å². The van der Waals surface area contributed by atoms with E-state index in [1.165, 1.54) is 0 Å². The van der Waals surface area contributed by atoms with Gasteiger partial charge >= 0.3 is 11.4 Å². The van der Waals surface area contributed by atoms with Gasteiger partial charge in [-0.25, -0.2) is 30.1 Å². The second-order valence-corrected chi connectivity index (χ2v) is 7.20. The summed E-state index contributed by atoms with van der Waals surface area (Å²) in [6, 6.07) is 0. The van der Waals surface area contributed by atoms with Crippen LogP contribution in [0.15, 0.2) is 0 Å². The molecule has 0 atom stereocenters. The van der Waals surface area contributed by atoms with Crippen molar-refractivity contribution in [3.05, 3.63) is 0 Å². The van der Waals surface area contributed by atoms with Gasteiger partial charge in [-0.2, -0.15) is 0 Å². The standard InChI is InChI=1S/C2H4O2.Al.3ClH/c1-2(3)4;;;;/h1H3,(H,3,4);;3*1H/q;+3;;;/p-3. The maximum absolute atomic E-state index is 9.00. The fraction of sp³-hybridized carbons (Fsp3) is 0.500. The molecule has 0 unspecified atom stereocenters. The van der Waals surface area contributed by atoms with Gasteiger partial charge in [-0.1, -0.05) is 0 Å². The lowest BCUT2D eigenvalue weighted by Gasteiger charge is -1.59. The molecule has 0 saturated carbocycles. The lowest BCUT2D eigenvalue weighted by Crippen LogP contribution is -1.78. The first-order chi connectivity index (χ1) is 3.46. The highest BCUT2D eigenvalue weighted by Gasteiger charge is 2.00. The molecule has 8 heavy (non-hydrogen) atoms. The van der Waals surface area contributed by atoms with E-state index >= 15 is 0 Å². The van der Waals surface area contributed by atoms with Gasteiger partial charge in [0.1, 0.15) is 0 Å². The molecule has 0 radical (unpaired) electrons. The maximum Gasteiger partial charge on any atom is 0.643 e. The zero-order chi connectivity index (χ0) is 7.15. The summed E-state index contributed by atoms with van der Waals surface area (Å²) in [5.41, 5.74) is 0.